The molecule has 1 aliphatic heterocycles. The summed E-state index contributed by atoms with van der Waals surface area (Å²) >= 11 is 1.52. The SMILES string of the molecule is CCOC(=O)CCc1csc(NC2CCC(=O)NC2)n1. The summed E-state index contributed by atoms with van der Waals surface area (Å²) in [5, 5.41) is 8.92. The lowest BCUT2D eigenvalue weighted by molar-refractivity contribution is -0.143. The Balaban J connectivity index is 1.77. The van der Waals surface area contributed by atoms with Crippen LogP contribution < -0.4 is 10.6 Å². The van der Waals surface area contributed by atoms with Crippen LogP contribution >= 0.6 is 11.3 Å². The molecule has 0 bridgehead atoms. The van der Waals surface area contributed by atoms with Crippen LogP contribution in [0.5, 0.6) is 0 Å². The first-order chi connectivity index (χ1) is 9.67. The summed E-state index contributed by atoms with van der Waals surface area (Å²) in [4.78, 5) is 26.8. The largest absolute Gasteiger partial charge is 0.466 e. The van der Waals surface area contributed by atoms with Gasteiger partial charge < -0.3 is 15.4 Å². The molecule has 2 N–H and O–H groups in total. The highest BCUT2D eigenvalue weighted by atomic mass is 32.1. The molecule has 0 aromatic carbocycles. The van der Waals surface area contributed by atoms with Crippen LogP contribution in [-0.4, -0.2) is 36.1 Å². The maximum absolute atomic E-state index is 11.3. The summed E-state index contributed by atoms with van der Waals surface area (Å²) in [6.45, 7) is 2.85. The normalized spacial score (nSPS) is 18.4. The van der Waals surface area contributed by atoms with E-state index in [-0.39, 0.29) is 17.9 Å². The molecule has 0 spiro atoms. The Bertz CT molecular complexity index is 465. The van der Waals surface area contributed by atoms with Crippen molar-refractivity contribution in [3.63, 3.8) is 0 Å². The highest BCUT2D eigenvalue weighted by molar-refractivity contribution is 7.13. The van der Waals surface area contributed by atoms with Crippen molar-refractivity contribution in [3.8, 4) is 0 Å². The zero-order chi connectivity index (χ0) is 14.4. The molecule has 6 nitrogen and oxygen atoms in total. The zero-order valence-corrected chi connectivity index (χ0v) is 12.3. The lowest BCUT2D eigenvalue weighted by Gasteiger charge is -2.22. The third-order valence-corrected chi connectivity index (χ3v) is 3.86. The van der Waals surface area contributed by atoms with Gasteiger partial charge in [-0.25, -0.2) is 4.98 Å². The van der Waals surface area contributed by atoms with Gasteiger partial charge in [-0.1, -0.05) is 0 Å². The van der Waals surface area contributed by atoms with Crippen molar-refractivity contribution in [1.29, 1.82) is 0 Å². The average Bonchev–Trinajstić information content (AvgIpc) is 2.87. The van der Waals surface area contributed by atoms with Crippen molar-refractivity contribution in [3.05, 3.63) is 11.1 Å². The molecule has 1 amide bonds. The van der Waals surface area contributed by atoms with Crippen molar-refractivity contribution in [2.24, 2.45) is 0 Å². The fourth-order valence-electron chi connectivity index (χ4n) is 1.98. The molecule has 1 saturated heterocycles. The summed E-state index contributed by atoms with van der Waals surface area (Å²) in [5.41, 5.74) is 0.894. The van der Waals surface area contributed by atoms with Gasteiger partial charge in [-0.05, 0) is 13.3 Å². The number of aromatic nitrogens is 1. The number of nitrogens with one attached hydrogen (secondary N) is 2. The molecule has 7 heteroatoms. The van der Waals surface area contributed by atoms with E-state index in [0.717, 1.165) is 17.2 Å². The molecule has 1 atom stereocenters. The van der Waals surface area contributed by atoms with Crippen molar-refractivity contribution in [2.45, 2.75) is 38.6 Å². The molecular weight excluding hydrogens is 278 g/mol. The molecule has 1 fully saturated rings. The Hall–Kier alpha value is -1.63. The highest BCUT2D eigenvalue weighted by Crippen LogP contribution is 2.19. The number of thiazole rings is 1. The molecule has 0 aliphatic carbocycles. The Morgan fingerprint density at radius 2 is 2.50 bits per heavy atom. The van der Waals surface area contributed by atoms with E-state index in [4.69, 9.17) is 4.74 Å². The third kappa shape index (κ3) is 4.48. The van der Waals surface area contributed by atoms with E-state index in [1.54, 1.807) is 6.92 Å². The van der Waals surface area contributed by atoms with Gasteiger partial charge in [0.15, 0.2) is 5.13 Å². The molecule has 2 rings (SSSR count). The smallest absolute Gasteiger partial charge is 0.306 e. The second-order valence-electron chi connectivity index (χ2n) is 4.63. The maximum atomic E-state index is 11.3. The molecule has 2 heterocycles. The number of carbonyl (C=O) groups excluding carboxylic acids is 2. The fourth-order valence-corrected chi connectivity index (χ4v) is 2.80. The number of nitrogens with zero attached hydrogens (tertiary/aromatic N) is 1. The first kappa shape index (κ1) is 14.8. The van der Waals surface area contributed by atoms with Crippen molar-refractivity contribution < 1.29 is 14.3 Å². The van der Waals surface area contributed by atoms with Crippen molar-refractivity contribution >= 4 is 28.3 Å². The number of ether oxygens (including phenoxy) is 1. The van der Waals surface area contributed by atoms with Gasteiger partial charge >= 0.3 is 5.97 Å². The lowest BCUT2D eigenvalue weighted by Crippen LogP contribution is -2.41. The Labute approximate surface area is 121 Å². The first-order valence-corrected chi connectivity index (χ1v) is 7.68. The number of piperidine rings is 1. The van der Waals surface area contributed by atoms with E-state index in [2.05, 4.69) is 15.6 Å². The number of anilines is 1. The monoisotopic (exact) mass is 297 g/mol. The van der Waals surface area contributed by atoms with Gasteiger partial charge in [-0.15, -0.1) is 11.3 Å². The lowest BCUT2D eigenvalue weighted by atomic mass is 10.1. The minimum Gasteiger partial charge on any atom is -0.466 e. The van der Waals surface area contributed by atoms with Gasteiger partial charge in [0.1, 0.15) is 0 Å². The number of aryl methyl sites for hydroxylation is 1. The summed E-state index contributed by atoms with van der Waals surface area (Å²) in [5.74, 6) is -0.0812. The highest BCUT2D eigenvalue weighted by Gasteiger charge is 2.18. The van der Waals surface area contributed by atoms with Crippen LogP contribution in [0.4, 0.5) is 5.13 Å². The third-order valence-electron chi connectivity index (χ3n) is 3.04. The van der Waals surface area contributed by atoms with E-state index in [0.29, 0.717) is 32.4 Å². The number of amides is 1. The van der Waals surface area contributed by atoms with Crippen LogP contribution in [0.3, 0.4) is 0 Å². The first-order valence-electron chi connectivity index (χ1n) is 6.80. The van der Waals surface area contributed by atoms with E-state index >= 15 is 0 Å². The number of hydrogen-bond acceptors (Lipinski definition) is 6. The topological polar surface area (TPSA) is 80.3 Å². The van der Waals surface area contributed by atoms with Crippen LogP contribution in [0, 0.1) is 0 Å². The Kier molecular flexibility index (Phi) is 5.34. The molecule has 1 aromatic rings. The van der Waals surface area contributed by atoms with Crippen molar-refractivity contribution in [1.82, 2.24) is 10.3 Å². The van der Waals surface area contributed by atoms with Gasteiger partial charge in [-0.2, -0.15) is 0 Å². The number of rotatable bonds is 6. The van der Waals surface area contributed by atoms with Gasteiger partial charge in [0, 0.05) is 30.8 Å². The van der Waals surface area contributed by atoms with Crippen LogP contribution in [0.15, 0.2) is 5.38 Å². The van der Waals surface area contributed by atoms with Gasteiger partial charge in [-0.3, -0.25) is 9.59 Å². The summed E-state index contributed by atoms with van der Waals surface area (Å²) in [7, 11) is 0. The molecule has 20 heavy (non-hydrogen) atoms. The summed E-state index contributed by atoms with van der Waals surface area (Å²) in [6, 6.07) is 0.233. The van der Waals surface area contributed by atoms with Gasteiger partial charge in [0.05, 0.1) is 18.7 Å². The van der Waals surface area contributed by atoms with E-state index < -0.39 is 0 Å². The quantitative estimate of drug-likeness (QED) is 0.774. The minimum atomic E-state index is -0.190. The summed E-state index contributed by atoms with van der Waals surface area (Å²) < 4.78 is 4.88. The molecular formula is C13H19N3O3S. The maximum Gasteiger partial charge on any atom is 0.306 e. The summed E-state index contributed by atoms with van der Waals surface area (Å²) in [6.07, 6.45) is 2.33. The van der Waals surface area contributed by atoms with Crippen LogP contribution in [-0.2, 0) is 20.7 Å². The molecule has 1 aromatic heterocycles. The van der Waals surface area contributed by atoms with E-state index in [9.17, 15) is 9.59 Å². The molecule has 1 unspecified atom stereocenters. The van der Waals surface area contributed by atoms with E-state index in [1.165, 1.54) is 11.3 Å². The zero-order valence-electron chi connectivity index (χ0n) is 11.5. The van der Waals surface area contributed by atoms with E-state index in [1.807, 2.05) is 5.38 Å². The minimum absolute atomic E-state index is 0.109. The Morgan fingerprint density at radius 1 is 1.65 bits per heavy atom. The number of hydrogen-bond donors (Lipinski definition) is 2. The molecule has 0 radical (unpaired) electrons. The second kappa shape index (κ2) is 7.23. The molecule has 0 saturated carbocycles. The predicted octanol–water partition coefficient (Wildman–Crippen LogP) is 1.33. The Morgan fingerprint density at radius 3 is 3.20 bits per heavy atom. The fraction of sp³-hybridized carbons (Fsp3) is 0.615. The van der Waals surface area contributed by atoms with Crippen LogP contribution in [0.25, 0.3) is 0 Å². The molecule has 110 valence electrons. The predicted molar refractivity (Wildman–Crippen MR) is 76.7 cm³/mol. The second-order valence-corrected chi connectivity index (χ2v) is 5.49. The standard InChI is InChI=1S/C13H19N3O3S/c1-2-19-12(18)6-4-10-8-20-13(16-10)15-9-3-5-11(17)14-7-9/h8-9H,2-7H2,1H3,(H,14,17)(H,15,16). The average molecular weight is 297 g/mol. The molecule has 1 aliphatic rings. The van der Waals surface area contributed by atoms with Crippen molar-refractivity contribution in [2.75, 3.05) is 18.5 Å². The van der Waals surface area contributed by atoms with Gasteiger partial charge in [0.2, 0.25) is 5.91 Å². The van der Waals surface area contributed by atoms with Crippen LogP contribution in [0.1, 0.15) is 31.9 Å². The number of esters is 1. The number of carbonyl (C=O) groups is 2. The van der Waals surface area contributed by atoms with Gasteiger partial charge in [0.25, 0.3) is 0 Å². The van der Waals surface area contributed by atoms with Crippen LogP contribution in [0.2, 0.25) is 0 Å².